The number of hydrogen-bond acceptors (Lipinski definition) is 4. The van der Waals surface area contributed by atoms with E-state index >= 15 is 0 Å². The summed E-state index contributed by atoms with van der Waals surface area (Å²) in [7, 11) is 1.30. The lowest BCUT2D eigenvalue weighted by molar-refractivity contribution is 0.00930. The van der Waals surface area contributed by atoms with Gasteiger partial charge in [0.15, 0.2) is 0 Å². The molecular weight excluding hydrogens is 196 g/mol. The van der Waals surface area contributed by atoms with Crippen molar-refractivity contribution in [1.82, 2.24) is 0 Å². The lowest BCUT2D eigenvalue weighted by Crippen LogP contribution is -2.22. The molecule has 1 atom stereocenters. The Morgan fingerprint density at radius 1 is 1.60 bits per heavy atom. The van der Waals surface area contributed by atoms with Crippen LogP contribution in [-0.2, 0) is 10.3 Å². The predicted octanol–water partition coefficient (Wildman–Crippen LogP) is 1.68. The van der Waals surface area contributed by atoms with Gasteiger partial charge in [0.25, 0.3) is 0 Å². The van der Waals surface area contributed by atoms with Crippen molar-refractivity contribution in [2.75, 3.05) is 7.11 Å². The van der Waals surface area contributed by atoms with Gasteiger partial charge >= 0.3 is 5.97 Å². The van der Waals surface area contributed by atoms with Crippen molar-refractivity contribution in [1.29, 1.82) is 0 Å². The van der Waals surface area contributed by atoms with Crippen LogP contribution >= 0.6 is 0 Å². The van der Waals surface area contributed by atoms with Crippen LogP contribution in [0.25, 0.3) is 0 Å². The SMILES string of the molecule is COC(=O)c1ccc(C(C)(O)C2CC2)o1. The van der Waals surface area contributed by atoms with Crippen molar-refractivity contribution in [2.45, 2.75) is 25.4 Å². The van der Waals surface area contributed by atoms with Crippen LogP contribution in [0.1, 0.15) is 36.1 Å². The van der Waals surface area contributed by atoms with E-state index in [4.69, 9.17) is 4.42 Å². The molecule has 0 bridgehead atoms. The summed E-state index contributed by atoms with van der Waals surface area (Å²) in [5, 5.41) is 10.1. The van der Waals surface area contributed by atoms with Gasteiger partial charge in [0, 0.05) is 0 Å². The van der Waals surface area contributed by atoms with Gasteiger partial charge in [-0.3, -0.25) is 0 Å². The number of rotatable bonds is 3. The number of hydrogen-bond donors (Lipinski definition) is 1. The van der Waals surface area contributed by atoms with E-state index in [9.17, 15) is 9.90 Å². The van der Waals surface area contributed by atoms with Gasteiger partial charge in [0.1, 0.15) is 11.4 Å². The lowest BCUT2D eigenvalue weighted by Gasteiger charge is -2.19. The molecular formula is C11H14O4. The van der Waals surface area contributed by atoms with E-state index < -0.39 is 11.6 Å². The second-order valence-corrected chi connectivity index (χ2v) is 4.08. The summed E-state index contributed by atoms with van der Waals surface area (Å²) in [6, 6.07) is 3.16. The minimum atomic E-state index is -0.966. The van der Waals surface area contributed by atoms with Crippen molar-refractivity contribution in [3.05, 3.63) is 23.7 Å². The van der Waals surface area contributed by atoms with Gasteiger partial charge in [-0.05, 0) is 37.8 Å². The number of ether oxygens (including phenoxy) is 1. The van der Waals surface area contributed by atoms with Crippen LogP contribution in [-0.4, -0.2) is 18.2 Å². The second-order valence-electron chi connectivity index (χ2n) is 4.08. The van der Waals surface area contributed by atoms with Crippen LogP contribution in [0.15, 0.2) is 16.5 Å². The summed E-state index contributed by atoms with van der Waals surface area (Å²) in [6.07, 6.45) is 2.00. The van der Waals surface area contributed by atoms with Crippen LogP contribution in [0.5, 0.6) is 0 Å². The average Bonchev–Trinajstić information content (AvgIpc) is 2.95. The summed E-state index contributed by atoms with van der Waals surface area (Å²) in [6.45, 7) is 1.71. The van der Waals surface area contributed by atoms with Gasteiger partial charge in [0.2, 0.25) is 5.76 Å². The Morgan fingerprint density at radius 2 is 2.27 bits per heavy atom. The highest BCUT2D eigenvalue weighted by atomic mass is 16.5. The molecule has 1 N–H and O–H groups in total. The van der Waals surface area contributed by atoms with E-state index in [1.807, 2.05) is 0 Å². The first-order valence-corrected chi connectivity index (χ1v) is 4.96. The molecule has 0 radical (unpaired) electrons. The molecule has 1 unspecified atom stereocenters. The number of methoxy groups -OCH3 is 1. The zero-order chi connectivity index (χ0) is 11.1. The Balaban J connectivity index is 2.22. The van der Waals surface area contributed by atoms with Gasteiger partial charge < -0.3 is 14.3 Å². The summed E-state index contributed by atoms with van der Waals surface area (Å²) in [4.78, 5) is 11.1. The highest BCUT2D eigenvalue weighted by Crippen LogP contribution is 2.45. The molecule has 4 heteroatoms. The molecule has 0 aliphatic heterocycles. The summed E-state index contributed by atoms with van der Waals surface area (Å²) >= 11 is 0. The topological polar surface area (TPSA) is 59.7 Å². The smallest absolute Gasteiger partial charge is 0.373 e. The molecule has 1 fully saturated rings. The third kappa shape index (κ3) is 1.77. The van der Waals surface area contributed by atoms with Crippen LogP contribution < -0.4 is 0 Å². The standard InChI is InChI=1S/C11H14O4/c1-11(13,7-3-4-7)9-6-5-8(15-9)10(12)14-2/h5-7,13H,3-4H2,1-2H3. The maximum Gasteiger partial charge on any atom is 0.373 e. The molecule has 82 valence electrons. The fraction of sp³-hybridized carbons (Fsp3) is 0.545. The molecule has 0 aromatic carbocycles. The molecule has 1 heterocycles. The summed E-state index contributed by atoms with van der Waals surface area (Å²) in [5.74, 6) is 0.292. The van der Waals surface area contributed by atoms with E-state index in [-0.39, 0.29) is 11.7 Å². The Kier molecular flexibility index (Phi) is 2.31. The van der Waals surface area contributed by atoms with Crippen molar-refractivity contribution in [2.24, 2.45) is 5.92 Å². The third-order valence-corrected chi connectivity index (χ3v) is 2.86. The molecule has 1 aliphatic rings. The molecule has 1 aromatic heterocycles. The number of aliphatic hydroxyl groups is 1. The first kappa shape index (κ1) is 10.2. The van der Waals surface area contributed by atoms with Crippen LogP contribution in [0.3, 0.4) is 0 Å². The minimum Gasteiger partial charge on any atom is -0.463 e. The van der Waals surface area contributed by atoms with Crippen molar-refractivity contribution in [3.63, 3.8) is 0 Å². The molecule has 0 amide bonds. The number of esters is 1. The van der Waals surface area contributed by atoms with Crippen molar-refractivity contribution in [3.8, 4) is 0 Å². The molecule has 1 aliphatic carbocycles. The molecule has 4 nitrogen and oxygen atoms in total. The van der Waals surface area contributed by atoms with Gasteiger partial charge in [-0.1, -0.05) is 0 Å². The van der Waals surface area contributed by atoms with E-state index in [0.29, 0.717) is 5.76 Å². The molecule has 2 rings (SSSR count). The predicted molar refractivity (Wildman–Crippen MR) is 52.3 cm³/mol. The monoisotopic (exact) mass is 210 g/mol. The van der Waals surface area contributed by atoms with E-state index in [2.05, 4.69) is 4.74 Å². The van der Waals surface area contributed by atoms with Crippen LogP contribution in [0.2, 0.25) is 0 Å². The fourth-order valence-electron chi connectivity index (χ4n) is 1.67. The van der Waals surface area contributed by atoms with Gasteiger partial charge in [-0.2, -0.15) is 0 Å². The van der Waals surface area contributed by atoms with Crippen molar-refractivity contribution >= 4 is 5.97 Å². The highest BCUT2D eigenvalue weighted by Gasteiger charge is 2.43. The minimum absolute atomic E-state index is 0.133. The number of carbonyl (C=O) groups excluding carboxylic acids is 1. The Hall–Kier alpha value is -1.29. The van der Waals surface area contributed by atoms with Gasteiger partial charge in [-0.25, -0.2) is 4.79 Å². The first-order valence-electron chi connectivity index (χ1n) is 4.96. The fourth-order valence-corrected chi connectivity index (χ4v) is 1.67. The van der Waals surface area contributed by atoms with Crippen LogP contribution in [0, 0.1) is 5.92 Å². The van der Waals surface area contributed by atoms with Gasteiger partial charge in [-0.15, -0.1) is 0 Å². The Labute approximate surface area is 87.8 Å². The zero-order valence-electron chi connectivity index (χ0n) is 8.82. The first-order chi connectivity index (χ1) is 7.05. The molecule has 0 saturated heterocycles. The maximum atomic E-state index is 11.1. The third-order valence-electron chi connectivity index (χ3n) is 2.86. The zero-order valence-corrected chi connectivity index (χ0v) is 8.82. The Bertz CT molecular complexity index is 374. The quantitative estimate of drug-likeness (QED) is 0.771. The average molecular weight is 210 g/mol. The van der Waals surface area contributed by atoms with E-state index in [1.165, 1.54) is 13.2 Å². The molecule has 0 spiro atoms. The number of carbonyl (C=O) groups is 1. The Morgan fingerprint density at radius 3 is 2.80 bits per heavy atom. The second kappa shape index (κ2) is 3.38. The molecule has 15 heavy (non-hydrogen) atoms. The highest BCUT2D eigenvalue weighted by molar-refractivity contribution is 5.86. The van der Waals surface area contributed by atoms with E-state index in [0.717, 1.165) is 12.8 Å². The maximum absolute atomic E-state index is 11.1. The molecule has 1 saturated carbocycles. The number of furan rings is 1. The summed E-state index contributed by atoms with van der Waals surface area (Å²) in [5.41, 5.74) is -0.966. The summed E-state index contributed by atoms with van der Waals surface area (Å²) < 4.78 is 9.80. The molecule has 1 aromatic rings. The van der Waals surface area contributed by atoms with Crippen LogP contribution in [0.4, 0.5) is 0 Å². The van der Waals surface area contributed by atoms with Crippen molar-refractivity contribution < 1.29 is 19.1 Å². The van der Waals surface area contributed by atoms with Gasteiger partial charge in [0.05, 0.1) is 7.11 Å². The largest absolute Gasteiger partial charge is 0.463 e. The lowest BCUT2D eigenvalue weighted by atomic mass is 9.98. The van der Waals surface area contributed by atoms with E-state index in [1.54, 1.807) is 13.0 Å². The normalized spacial score (nSPS) is 19.7.